The van der Waals surface area contributed by atoms with Gasteiger partial charge in [0, 0.05) is 6.42 Å². The van der Waals surface area contributed by atoms with Crippen LogP contribution < -0.4 is 0 Å². The number of hydrogen-bond donors (Lipinski definition) is 0. The zero-order valence-electron chi connectivity index (χ0n) is 9.88. The second kappa shape index (κ2) is 5.15. The van der Waals surface area contributed by atoms with Crippen LogP contribution in [0.1, 0.15) is 40.0 Å². The van der Waals surface area contributed by atoms with Gasteiger partial charge in [0.2, 0.25) is 0 Å². The Morgan fingerprint density at radius 2 is 2.33 bits per heavy atom. The molecule has 0 aliphatic heterocycles. The minimum absolute atomic E-state index is 0.0344. The Labute approximate surface area is 92.0 Å². The number of esters is 1. The molecule has 0 N–H and O–H groups in total. The highest BCUT2D eigenvalue weighted by molar-refractivity contribution is 5.69. The molecule has 2 nitrogen and oxygen atoms in total. The number of hydrogen-bond acceptors (Lipinski definition) is 2. The number of carbonyl (C=O) groups is 1. The summed E-state index contributed by atoms with van der Waals surface area (Å²) in [5, 5.41) is 0. The molecule has 0 saturated carbocycles. The number of rotatable bonds is 3. The van der Waals surface area contributed by atoms with Gasteiger partial charge in [-0.1, -0.05) is 25.2 Å². The van der Waals surface area contributed by atoms with Crippen molar-refractivity contribution in [1.82, 2.24) is 0 Å². The fraction of sp³-hybridized carbons (Fsp3) is 0.615. The molecule has 0 amide bonds. The molecule has 0 aromatic carbocycles. The van der Waals surface area contributed by atoms with E-state index in [1.165, 1.54) is 11.1 Å². The maximum Gasteiger partial charge on any atom is 0.306 e. The highest BCUT2D eigenvalue weighted by Crippen LogP contribution is 2.30. The van der Waals surface area contributed by atoms with Crippen molar-refractivity contribution in [2.45, 2.75) is 46.1 Å². The molecule has 0 saturated heterocycles. The van der Waals surface area contributed by atoms with Crippen molar-refractivity contribution in [2.24, 2.45) is 5.92 Å². The van der Waals surface area contributed by atoms with Crippen molar-refractivity contribution >= 4 is 5.97 Å². The van der Waals surface area contributed by atoms with Crippen LogP contribution in [0, 0.1) is 5.92 Å². The number of carbonyl (C=O) groups excluding carboxylic acids is 1. The molecule has 15 heavy (non-hydrogen) atoms. The summed E-state index contributed by atoms with van der Waals surface area (Å²) in [6, 6.07) is 0. The van der Waals surface area contributed by atoms with Gasteiger partial charge in [-0.25, -0.2) is 0 Å². The lowest BCUT2D eigenvalue weighted by molar-refractivity contribution is -0.147. The minimum atomic E-state index is -0.116. The van der Waals surface area contributed by atoms with Gasteiger partial charge in [-0.15, -0.1) is 0 Å². The normalized spacial score (nSPS) is 25.7. The maximum atomic E-state index is 11.2. The van der Waals surface area contributed by atoms with Gasteiger partial charge in [0.05, 0.1) is 0 Å². The van der Waals surface area contributed by atoms with Gasteiger partial charge in [-0.2, -0.15) is 0 Å². The molecule has 0 fully saturated rings. The Balaban J connectivity index is 2.63. The quantitative estimate of drug-likeness (QED) is 0.525. The van der Waals surface area contributed by atoms with E-state index >= 15 is 0 Å². The van der Waals surface area contributed by atoms with Crippen LogP contribution in [0.3, 0.4) is 0 Å². The molecule has 84 valence electrons. The van der Waals surface area contributed by atoms with Crippen LogP contribution in [0.4, 0.5) is 0 Å². The third-order valence-corrected chi connectivity index (χ3v) is 2.99. The van der Waals surface area contributed by atoms with Crippen molar-refractivity contribution in [1.29, 1.82) is 0 Å². The first-order chi connectivity index (χ1) is 7.04. The average Bonchev–Trinajstić information content (AvgIpc) is 2.20. The third-order valence-electron chi connectivity index (χ3n) is 2.99. The third kappa shape index (κ3) is 3.22. The van der Waals surface area contributed by atoms with Gasteiger partial charge in [-0.05, 0) is 38.2 Å². The van der Waals surface area contributed by atoms with E-state index in [0.717, 1.165) is 12.8 Å². The minimum Gasteiger partial charge on any atom is -0.458 e. The lowest BCUT2D eigenvalue weighted by atomic mass is 9.84. The van der Waals surface area contributed by atoms with Gasteiger partial charge in [0.1, 0.15) is 6.10 Å². The van der Waals surface area contributed by atoms with E-state index in [1.54, 1.807) is 0 Å². The summed E-state index contributed by atoms with van der Waals surface area (Å²) in [5.74, 6) is 0.346. The molecule has 0 heterocycles. The molecule has 2 atom stereocenters. The fourth-order valence-corrected chi connectivity index (χ4v) is 1.79. The van der Waals surface area contributed by atoms with E-state index in [2.05, 4.69) is 12.7 Å². The first kappa shape index (κ1) is 12.0. The van der Waals surface area contributed by atoms with Crippen LogP contribution in [0.25, 0.3) is 0 Å². The Morgan fingerprint density at radius 3 is 2.87 bits per heavy atom. The first-order valence-corrected chi connectivity index (χ1v) is 5.56. The van der Waals surface area contributed by atoms with E-state index in [0.29, 0.717) is 12.3 Å². The topological polar surface area (TPSA) is 26.3 Å². The Bertz CT molecular complexity index is 289. The highest BCUT2D eigenvalue weighted by Gasteiger charge is 2.24. The summed E-state index contributed by atoms with van der Waals surface area (Å²) in [5.41, 5.74) is 2.35. The van der Waals surface area contributed by atoms with Gasteiger partial charge in [0.15, 0.2) is 0 Å². The Morgan fingerprint density at radius 1 is 1.67 bits per heavy atom. The molecule has 0 spiro atoms. The first-order valence-electron chi connectivity index (χ1n) is 5.56. The van der Waals surface area contributed by atoms with Gasteiger partial charge < -0.3 is 4.74 Å². The molecule has 1 rings (SSSR count). The van der Waals surface area contributed by atoms with Crippen LogP contribution in [-0.2, 0) is 9.53 Å². The molecule has 1 aliphatic carbocycles. The molecule has 0 radical (unpaired) electrons. The van der Waals surface area contributed by atoms with Crippen molar-refractivity contribution < 1.29 is 9.53 Å². The molecule has 1 aliphatic rings. The zero-order chi connectivity index (χ0) is 11.4. The van der Waals surface area contributed by atoms with Crippen LogP contribution in [0.2, 0.25) is 0 Å². The second-order valence-electron chi connectivity index (χ2n) is 4.29. The number of ether oxygens (including phenoxy) is 1. The summed E-state index contributed by atoms with van der Waals surface area (Å²) in [6.45, 7) is 9.86. The summed E-state index contributed by atoms with van der Waals surface area (Å²) < 4.78 is 5.38. The van der Waals surface area contributed by atoms with Crippen molar-refractivity contribution in [2.75, 3.05) is 0 Å². The van der Waals surface area contributed by atoms with E-state index in [4.69, 9.17) is 4.74 Å². The highest BCUT2D eigenvalue weighted by atomic mass is 16.5. The van der Waals surface area contributed by atoms with Crippen LogP contribution in [0.15, 0.2) is 23.8 Å². The summed E-state index contributed by atoms with van der Waals surface area (Å²) in [4.78, 5) is 11.2. The summed E-state index contributed by atoms with van der Waals surface area (Å²) in [6.07, 6.45) is 4.50. The van der Waals surface area contributed by atoms with Crippen LogP contribution in [-0.4, -0.2) is 12.1 Å². The van der Waals surface area contributed by atoms with Gasteiger partial charge in [-0.3, -0.25) is 4.79 Å². The standard InChI is InChI=1S/C13H20O2/c1-5-13(14)15-12-8-11(9(2)3)7-6-10(12)4/h6,11-12H,2,5,7-8H2,1,3-4H3/t11-,12-/m0/s1. The smallest absolute Gasteiger partial charge is 0.306 e. The van der Waals surface area contributed by atoms with E-state index in [1.807, 2.05) is 20.8 Å². The molecular weight excluding hydrogens is 188 g/mol. The van der Waals surface area contributed by atoms with Gasteiger partial charge >= 0.3 is 5.97 Å². The molecule has 0 aromatic heterocycles. The van der Waals surface area contributed by atoms with Crippen LogP contribution in [0.5, 0.6) is 0 Å². The molecule has 0 bridgehead atoms. The van der Waals surface area contributed by atoms with Crippen LogP contribution >= 0.6 is 0 Å². The van der Waals surface area contributed by atoms with E-state index in [9.17, 15) is 4.79 Å². The van der Waals surface area contributed by atoms with Crippen molar-refractivity contribution in [3.63, 3.8) is 0 Å². The second-order valence-corrected chi connectivity index (χ2v) is 4.29. The SMILES string of the molecule is C=C(C)[C@H]1CC=C(C)[C@@H](OC(=O)CC)C1. The van der Waals surface area contributed by atoms with E-state index in [-0.39, 0.29) is 12.1 Å². The molecule has 0 aromatic rings. The van der Waals surface area contributed by atoms with Crippen molar-refractivity contribution in [3.8, 4) is 0 Å². The maximum absolute atomic E-state index is 11.2. The monoisotopic (exact) mass is 208 g/mol. The number of allylic oxidation sites excluding steroid dienone is 2. The Kier molecular flexibility index (Phi) is 4.13. The fourth-order valence-electron chi connectivity index (χ4n) is 1.79. The summed E-state index contributed by atoms with van der Waals surface area (Å²) >= 11 is 0. The molecular formula is C13H20O2. The van der Waals surface area contributed by atoms with Crippen molar-refractivity contribution in [3.05, 3.63) is 23.8 Å². The lowest BCUT2D eigenvalue weighted by Gasteiger charge is -2.28. The largest absolute Gasteiger partial charge is 0.458 e. The Hall–Kier alpha value is -1.05. The zero-order valence-corrected chi connectivity index (χ0v) is 9.88. The van der Waals surface area contributed by atoms with Gasteiger partial charge in [0.25, 0.3) is 0 Å². The van der Waals surface area contributed by atoms with E-state index < -0.39 is 0 Å². The average molecular weight is 208 g/mol. The predicted molar refractivity (Wildman–Crippen MR) is 61.5 cm³/mol. The molecule has 2 heteroatoms. The summed E-state index contributed by atoms with van der Waals surface area (Å²) in [7, 11) is 0. The lowest BCUT2D eigenvalue weighted by Crippen LogP contribution is -2.25. The molecule has 0 unspecified atom stereocenters. The predicted octanol–water partition coefficient (Wildman–Crippen LogP) is 3.24.